The summed E-state index contributed by atoms with van der Waals surface area (Å²) in [7, 11) is 4.83. The Bertz CT molecular complexity index is 1300. The molecule has 2 aromatic rings. The molecule has 4 rings (SSSR count). The quantitative estimate of drug-likeness (QED) is 0.358. The number of rotatable bonds is 11. The third kappa shape index (κ3) is 9.49. The molecule has 0 aromatic heterocycles. The van der Waals surface area contributed by atoms with Crippen molar-refractivity contribution >= 4 is 29.1 Å². The fourth-order valence-electron chi connectivity index (χ4n) is 4.67. The van der Waals surface area contributed by atoms with E-state index in [1.165, 1.54) is 16.7 Å². The summed E-state index contributed by atoms with van der Waals surface area (Å²) in [5.41, 5.74) is 0.618. The zero-order valence-electron chi connectivity index (χ0n) is 26.8. The number of ether oxygens (including phenoxy) is 7. The lowest BCUT2D eigenvalue weighted by Gasteiger charge is -2.42. The first-order chi connectivity index (χ1) is 21.5. The summed E-state index contributed by atoms with van der Waals surface area (Å²) in [5.74, 6) is 1.47. The minimum atomic E-state index is -0.693. The summed E-state index contributed by atoms with van der Waals surface area (Å²) in [5, 5.41) is 3.07. The van der Waals surface area contributed by atoms with Crippen molar-refractivity contribution < 1.29 is 42.7 Å². The van der Waals surface area contributed by atoms with Gasteiger partial charge in [-0.05, 0) is 63.1 Å². The van der Waals surface area contributed by atoms with Crippen molar-refractivity contribution in [3.8, 4) is 11.5 Å². The fraction of sp³-hybridized carbons (Fsp3) is 0.531. The summed E-state index contributed by atoms with van der Waals surface area (Å²) >= 11 is 1.29. The van der Waals surface area contributed by atoms with Crippen LogP contribution in [-0.2, 0) is 36.9 Å². The zero-order valence-corrected chi connectivity index (χ0v) is 27.6. The normalized spacial score (nSPS) is 22.6. The van der Waals surface area contributed by atoms with Crippen LogP contribution >= 0.6 is 11.8 Å². The van der Waals surface area contributed by atoms with E-state index >= 15 is 0 Å². The summed E-state index contributed by atoms with van der Waals surface area (Å²) in [4.78, 5) is 31.4. The van der Waals surface area contributed by atoms with Crippen LogP contribution in [0.5, 0.6) is 11.5 Å². The third-order valence-corrected chi connectivity index (χ3v) is 8.17. The van der Waals surface area contributed by atoms with Gasteiger partial charge in [-0.15, -0.1) is 0 Å². The van der Waals surface area contributed by atoms with Gasteiger partial charge < -0.3 is 38.5 Å². The van der Waals surface area contributed by atoms with Gasteiger partial charge in [0.1, 0.15) is 53.5 Å². The second kappa shape index (κ2) is 15.7. The Hall–Kier alpha value is -3.52. The van der Waals surface area contributed by atoms with Crippen molar-refractivity contribution in [2.24, 2.45) is 4.99 Å². The summed E-state index contributed by atoms with van der Waals surface area (Å²) in [6, 6.07) is 14.6. The highest BCUT2D eigenvalue weighted by Gasteiger charge is 2.52. The molecule has 12 nitrogen and oxygen atoms in total. The molecule has 0 radical (unpaired) electrons. The molecule has 45 heavy (non-hydrogen) atoms. The van der Waals surface area contributed by atoms with Crippen LogP contribution in [0.4, 0.5) is 9.59 Å². The van der Waals surface area contributed by atoms with Gasteiger partial charge in [-0.25, -0.2) is 9.59 Å². The Morgan fingerprint density at radius 1 is 0.933 bits per heavy atom. The SMILES string of the molecule is CCNC(=O)OC[C@H]1O[C@@H]2SC(N(C)C(=O)OC(C)(C)C)=N[C@@H]2[C@@H](OCc2ccc(OC)cc2)[C@@H]1OCc1ccc(OC)cc1. The average molecular weight is 646 g/mol. The number of thioether (sulfide) groups is 1. The zero-order chi connectivity index (χ0) is 32.6. The number of amides is 2. The van der Waals surface area contributed by atoms with Crippen LogP contribution in [-0.4, -0.2) is 92.1 Å². The molecule has 0 unspecified atom stereocenters. The molecule has 0 aliphatic carbocycles. The molecular formula is C32H43N3O9S. The Kier molecular flexibility index (Phi) is 12.0. The Labute approximate surface area is 268 Å². The first-order valence-corrected chi connectivity index (χ1v) is 15.7. The van der Waals surface area contributed by atoms with E-state index in [1.54, 1.807) is 42.0 Å². The molecule has 2 heterocycles. The molecule has 0 saturated carbocycles. The van der Waals surface area contributed by atoms with Crippen LogP contribution in [0.2, 0.25) is 0 Å². The number of alkyl carbamates (subject to hydrolysis) is 1. The second-order valence-corrected chi connectivity index (χ2v) is 12.5. The lowest BCUT2D eigenvalue weighted by Crippen LogP contribution is -2.58. The van der Waals surface area contributed by atoms with E-state index < -0.39 is 47.6 Å². The van der Waals surface area contributed by atoms with Gasteiger partial charge in [0.15, 0.2) is 5.17 Å². The number of hydrogen-bond donors (Lipinski definition) is 1. The predicted molar refractivity (Wildman–Crippen MR) is 170 cm³/mol. The maximum atomic E-state index is 12.9. The van der Waals surface area contributed by atoms with E-state index in [2.05, 4.69) is 5.32 Å². The van der Waals surface area contributed by atoms with Crippen molar-refractivity contribution in [3.63, 3.8) is 0 Å². The van der Waals surface area contributed by atoms with E-state index in [0.29, 0.717) is 11.7 Å². The van der Waals surface area contributed by atoms with Gasteiger partial charge in [-0.3, -0.25) is 9.89 Å². The average Bonchev–Trinajstić information content (AvgIpc) is 3.45. The smallest absolute Gasteiger partial charge is 0.416 e. The van der Waals surface area contributed by atoms with Crippen molar-refractivity contribution in [2.45, 2.75) is 76.3 Å². The Balaban J connectivity index is 1.62. The largest absolute Gasteiger partial charge is 0.497 e. The number of carbonyl (C=O) groups excluding carboxylic acids is 2. The molecule has 2 aliphatic rings. The van der Waals surface area contributed by atoms with E-state index in [1.807, 2.05) is 55.5 Å². The third-order valence-electron chi connectivity index (χ3n) is 6.95. The van der Waals surface area contributed by atoms with E-state index in [-0.39, 0.29) is 19.8 Å². The summed E-state index contributed by atoms with van der Waals surface area (Å²) in [6.45, 7) is 8.04. The Morgan fingerprint density at radius 2 is 1.49 bits per heavy atom. The lowest BCUT2D eigenvalue weighted by atomic mass is 9.97. The monoisotopic (exact) mass is 645 g/mol. The molecule has 1 N–H and O–H groups in total. The molecule has 2 aliphatic heterocycles. The van der Waals surface area contributed by atoms with Gasteiger partial charge in [0.2, 0.25) is 0 Å². The molecule has 246 valence electrons. The fourth-order valence-corrected chi connectivity index (χ4v) is 5.85. The van der Waals surface area contributed by atoms with E-state index in [9.17, 15) is 9.59 Å². The van der Waals surface area contributed by atoms with E-state index in [4.69, 9.17) is 38.2 Å². The number of methoxy groups -OCH3 is 2. The minimum absolute atomic E-state index is 0.0808. The number of fused-ring (bicyclic) bond motifs is 1. The number of hydrogen-bond acceptors (Lipinski definition) is 11. The summed E-state index contributed by atoms with van der Waals surface area (Å²) in [6.07, 6.45) is -3.09. The maximum absolute atomic E-state index is 12.9. The van der Waals surface area contributed by atoms with Crippen molar-refractivity contribution in [1.82, 2.24) is 10.2 Å². The van der Waals surface area contributed by atoms with Crippen molar-refractivity contribution in [2.75, 3.05) is 34.4 Å². The molecule has 0 bridgehead atoms. The first kappa shape index (κ1) is 34.4. The van der Waals surface area contributed by atoms with Gasteiger partial charge in [-0.2, -0.15) is 0 Å². The molecule has 2 amide bonds. The summed E-state index contributed by atoms with van der Waals surface area (Å²) < 4.78 is 41.2. The van der Waals surface area contributed by atoms with Gasteiger partial charge in [0.25, 0.3) is 0 Å². The molecule has 13 heteroatoms. The van der Waals surface area contributed by atoms with Crippen LogP contribution in [0.15, 0.2) is 53.5 Å². The van der Waals surface area contributed by atoms with Gasteiger partial charge in [-0.1, -0.05) is 36.0 Å². The highest BCUT2D eigenvalue weighted by atomic mass is 32.2. The highest BCUT2D eigenvalue weighted by Crippen LogP contribution is 2.40. The van der Waals surface area contributed by atoms with Crippen LogP contribution in [0.1, 0.15) is 38.8 Å². The number of amidine groups is 1. The predicted octanol–water partition coefficient (Wildman–Crippen LogP) is 4.98. The highest BCUT2D eigenvalue weighted by molar-refractivity contribution is 8.14. The van der Waals surface area contributed by atoms with Gasteiger partial charge in [0, 0.05) is 13.6 Å². The number of nitrogens with zero attached hydrogens (tertiary/aromatic N) is 2. The number of aliphatic imine (C=N–C) groups is 1. The molecule has 5 atom stereocenters. The standard InChI is InChI=1S/C32H43N3O9S/c1-8-33-30(36)42-19-24-26(40-17-20-9-13-22(38-6)14-10-20)27(41-18-21-11-15-23(39-7)16-12-21)25-28(43-24)45-29(34-25)35(5)31(37)44-32(2,3)4/h9-16,24-28H,8,17-19H2,1-7H3,(H,33,36)/t24-,25-,26-,27-,28-/m1/s1. The lowest BCUT2D eigenvalue weighted by molar-refractivity contribution is -0.205. The van der Waals surface area contributed by atoms with Crippen LogP contribution in [0, 0.1) is 0 Å². The Morgan fingerprint density at radius 3 is 2.00 bits per heavy atom. The van der Waals surface area contributed by atoms with Crippen LogP contribution < -0.4 is 14.8 Å². The van der Waals surface area contributed by atoms with Gasteiger partial charge >= 0.3 is 12.2 Å². The first-order valence-electron chi connectivity index (χ1n) is 14.8. The van der Waals surface area contributed by atoms with Crippen LogP contribution in [0.3, 0.4) is 0 Å². The second-order valence-electron chi connectivity index (χ2n) is 11.5. The molecule has 1 saturated heterocycles. The molecular weight excluding hydrogens is 602 g/mol. The van der Waals surface area contributed by atoms with E-state index in [0.717, 1.165) is 22.6 Å². The maximum Gasteiger partial charge on any atom is 0.416 e. The van der Waals surface area contributed by atoms with Crippen LogP contribution in [0.25, 0.3) is 0 Å². The number of nitrogens with one attached hydrogen (secondary N) is 1. The van der Waals surface area contributed by atoms with Crippen molar-refractivity contribution in [1.29, 1.82) is 0 Å². The topological polar surface area (TPSA) is 126 Å². The minimum Gasteiger partial charge on any atom is -0.497 e. The number of benzene rings is 2. The molecule has 2 aromatic carbocycles. The molecule has 0 spiro atoms. The number of carbonyl (C=O) groups is 2. The van der Waals surface area contributed by atoms with Crippen molar-refractivity contribution in [3.05, 3.63) is 59.7 Å². The molecule has 1 fully saturated rings. The van der Waals surface area contributed by atoms with Gasteiger partial charge in [0.05, 0.1) is 27.4 Å².